The molecule has 25 heavy (non-hydrogen) atoms. The van der Waals surface area contributed by atoms with Gasteiger partial charge in [-0.3, -0.25) is 0 Å². The van der Waals surface area contributed by atoms with Crippen molar-refractivity contribution in [3.63, 3.8) is 0 Å². The molecule has 1 unspecified atom stereocenters. The number of benzene rings is 2. The fourth-order valence-electron chi connectivity index (χ4n) is 2.86. The van der Waals surface area contributed by atoms with Gasteiger partial charge in [-0.25, -0.2) is 13.1 Å². The monoisotopic (exact) mass is 400 g/mol. The Hall–Kier alpha value is -1.31. The normalized spacial score (nSPS) is 15.3. The predicted octanol–water partition coefficient (Wildman–Crippen LogP) is 3.00. The van der Waals surface area contributed by atoms with Gasteiger partial charge < -0.3 is 10.0 Å². The van der Waals surface area contributed by atoms with E-state index in [1.54, 1.807) is 0 Å². The van der Waals surface area contributed by atoms with Crippen molar-refractivity contribution >= 4 is 38.9 Å². The molecule has 0 spiro atoms. The minimum Gasteiger partial charge on any atom is -0.387 e. The standard InChI is InChI=1S/C17H18Cl2N2O3S/c1-21-7-6-11-8-12(2-5-15(11)21)16(22)10-20-25(23,24)17-9-13(18)3-4-14(17)19/h2-5,8-9,16,20,22H,6-7,10H2,1H3. The number of likely N-dealkylation sites (N-methyl/N-ethyl adjacent to an activating group) is 1. The highest BCUT2D eigenvalue weighted by atomic mass is 35.5. The first-order valence-corrected chi connectivity index (χ1v) is 9.98. The lowest BCUT2D eigenvalue weighted by Crippen LogP contribution is -2.28. The van der Waals surface area contributed by atoms with Crippen LogP contribution in [0.15, 0.2) is 41.3 Å². The van der Waals surface area contributed by atoms with E-state index >= 15 is 0 Å². The molecule has 2 aromatic rings. The van der Waals surface area contributed by atoms with E-state index in [0.717, 1.165) is 24.2 Å². The SMILES string of the molecule is CN1CCc2cc(C(O)CNS(=O)(=O)c3cc(Cl)ccc3Cl)ccc21. The zero-order valence-corrected chi connectivity index (χ0v) is 15.9. The third-order valence-corrected chi connectivity index (χ3v) is 6.41. The largest absolute Gasteiger partial charge is 0.387 e. The van der Waals surface area contributed by atoms with Gasteiger partial charge in [0.1, 0.15) is 4.90 Å². The summed E-state index contributed by atoms with van der Waals surface area (Å²) in [6, 6.07) is 9.90. The minimum absolute atomic E-state index is 0.0759. The van der Waals surface area contributed by atoms with Crippen LogP contribution in [-0.2, 0) is 16.4 Å². The van der Waals surface area contributed by atoms with Crippen molar-refractivity contribution in [2.75, 3.05) is 25.0 Å². The number of rotatable bonds is 5. The lowest BCUT2D eigenvalue weighted by molar-refractivity contribution is 0.182. The minimum atomic E-state index is -3.87. The Bertz CT molecular complexity index is 903. The number of aliphatic hydroxyl groups excluding tert-OH is 1. The Morgan fingerprint density at radius 1 is 1.24 bits per heavy atom. The number of sulfonamides is 1. The van der Waals surface area contributed by atoms with Gasteiger partial charge in [0, 0.05) is 30.8 Å². The molecule has 1 aliphatic heterocycles. The number of nitrogens with zero attached hydrogens (tertiary/aromatic N) is 1. The number of anilines is 1. The van der Waals surface area contributed by atoms with Crippen molar-refractivity contribution in [3.8, 4) is 0 Å². The van der Waals surface area contributed by atoms with Crippen LogP contribution in [0, 0.1) is 0 Å². The molecular formula is C17H18Cl2N2O3S. The second kappa shape index (κ2) is 7.13. The zero-order valence-electron chi connectivity index (χ0n) is 13.5. The maximum atomic E-state index is 12.4. The molecule has 8 heteroatoms. The maximum absolute atomic E-state index is 12.4. The summed E-state index contributed by atoms with van der Waals surface area (Å²) < 4.78 is 27.2. The van der Waals surface area contributed by atoms with Crippen molar-refractivity contribution in [1.29, 1.82) is 0 Å². The molecule has 1 aliphatic rings. The molecule has 134 valence electrons. The first kappa shape index (κ1) is 18.5. The van der Waals surface area contributed by atoms with Crippen LogP contribution in [-0.4, -0.2) is 33.7 Å². The number of halogens is 2. The summed E-state index contributed by atoms with van der Waals surface area (Å²) in [6.45, 7) is 0.786. The molecule has 5 nitrogen and oxygen atoms in total. The lowest BCUT2D eigenvalue weighted by atomic mass is 10.0. The van der Waals surface area contributed by atoms with E-state index in [-0.39, 0.29) is 21.5 Å². The van der Waals surface area contributed by atoms with Crippen molar-refractivity contribution in [2.45, 2.75) is 17.4 Å². The van der Waals surface area contributed by atoms with Gasteiger partial charge in [0.25, 0.3) is 0 Å². The van der Waals surface area contributed by atoms with Crippen LogP contribution >= 0.6 is 23.2 Å². The van der Waals surface area contributed by atoms with E-state index in [1.807, 2.05) is 25.2 Å². The van der Waals surface area contributed by atoms with Gasteiger partial charge in [0.15, 0.2) is 0 Å². The highest BCUT2D eigenvalue weighted by Crippen LogP contribution is 2.29. The first-order chi connectivity index (χ1) is 11.8. The highest BCUT2D eigenvalue weighted by Gasteiger charge is 2.22. The Morgan fingerprint density at radius 3 is 2.76 bits per heavy atom. The average Bonchev–Trinajstić information content (AvgIpc) is 2.95. The summed E-state index contributed by atoms with van der Waals surface area (Å²) >= 11 is 11.8. The number of hydrogen-bond acceptors (Lipinski definition) is 4. The van der Waals surface area contributed by atoms with E-state index in [9.17, 15) is 13.5 Å². The number of hydrogen-bond donors (Lipinski definition) is 2. The first-order valence-electron chi connectivity index (χ1n) is 7.74. The molecule has 3 rings (SSSR count). The summed E-state index contributed by atoms with van der Waals surface area (Å²) in [4.78, 5) is 2.04. The Balaban J connectivity index is 1.74. The number of fused-ring (bicyclic) bond motifs is 1. The molecule has 0 bridgehead atoms. The van der Waals surface area contributed by atoms with E-state index in [0.29, 0.717) is 5.56 Å². The van der Waals surface area contributed by atoms with Crippen LogP contribution in [0.2, 0.25) is 10.0 Å². The third-order valence-electron chi connectivity index (χ3n) is 4.27. The molecule has 0 aliphatic carbocycles. The van der Waals surface area contributed by atoms with Crippen LogP contribution in [0.4, 0.5) is 5.69 Å². The predicted molar refractivity (Wildman–Crippen MR) is 100 cm³/mol. The highest BCUT2D eigenvalue weighted by molar-refractivity contribution is 7.89. The molecule has 0 saturated heterocycles. The molecule has 1 atom stereocenters. The van der Waals surface area contributed by atoms with Gasteiger partial charge >= 0.3 is 0 Å². The molecule has 0 radical (unpaired) electrons. The van der Waals surface area contributed by atoms with Gasteiger partial charge in [-0.05, 0) is 41.8 Å². The summed E-state index contributed by atoms with van der Waals surface area (Å²) in [5.74, 6) is 0. The van der Waals surface area contributed by atoms with E-state index < -0.39 is 16.1 Å². The molecule has 1 heterocycles. The van der Waals surface area contributed by atoms with Crippen molar-refractivity contribution in [3.05, 3.63) is 57.6 Å². The topological polar surface area (TPSA) is 69.6 Å². The molecule has 0 aromatic heterocycles. The maximum Gasteiger partial charge on any atom is 0.242 e. The molecule has 2 N–H and O–H groups in total. The summed E-state index contributed by atoms with van der Waals surface area (Å²) in [5.41, 5.74) is 2.97. The second-order valence-electron chi connectivity index (χ2n) is 6.00. The molecule has 0 saturated carbocycles. The Labute approximate surface area is 157 Å². The van der Waals surface area contributed by atoms with Crippen molar-refractivity contribution in [2.24, 2.45) is 0 Å². The van der Waals surface area contributed by atoms with E-state index in [1.165, 1.54) is 18.2 Å². The van der Waals surface area contributed by atoms with E-state index in [4.69, 9.17) is 23.2 Å². The van der Waals surface area contributed by atoms with Gasteiger partial charge in [0.05, 0.1) is 11.1 Å². The second-order valence-corrected chi connectivity index (χ2v) is 8.58. The molecule has 0 fully saturated rings. The smallest absolute Gasteiger partial charge is 0.242 e. The van der Waals surface area contributed by atoms with Gasteiger partial charge in [-0.2, -0.15) is 0 Å². The molecule has 0 amide bonds. The Kier molecular flexibility index (Phi) is 5.27. The van der Waals surface area contributed by atoms with Crippen LogP contribution < -0.4 is 9.62 Å². The van der Waals surface area contributed by atoms with Gasteiger partial charge in [-0.15, -0.1) is 0 Å². The fourth-order valence-corrected chi connectivity index (χ4v) is 4.66. The molecular weight excluding hydrogens is 383 g/mol. The average molecular weight is 401 g/mol. The van der Waals surface area contributed by atoms with Crippen LogP contribution in [0.25, 0.3) is 0 Å². The number of aliphatic hydroxyl groups is 1. The van der Waals surface area contributed by atoms with Crippen LogP contribution in [0.3, 0.4) is 0 Å². The van der Waals surface area contributed by atoms with Crippen LogP contribution in [0.5, 0.6) is 0 Å². The van der Waals surface area contributed by atoms with Gasteiger partial charge in [-0.1, -0.05) is 35.3 Å². The van der Waals surface area contributed by atoms with Gasteiger partial charge in [0.2, 0.25) is 10.0 Å². The fraction of sp³-hybridized carbons (Fsp3) is 0.294. The van der Waals surface area contributed by atoms with Crippen LogP contribution in [0.1, 0.15) is 17.2 Å². The lowest BCUT2D eigenvalue weighted by Gasteiger charge is -2.16. The zero-order chi connectivity index (χ0) is 18.2. The number of nitrogens with one attached hydrogen (secondary N) is 1. The van der Waals surface area contributed by atoms with E-state index in [2.05, 4.69) is 9.62 Å². The summed E-state index contributed by atoms with van der Waals surface area (Å²) in [5, 5.41) is 10.7. The Morgan fingerprint density at radius 2 is 2.00 bits per heavy atom. The quantitative estimate of drug-likeness (QED) is 0.808. The third kappa shape index (κ3) is 3.93. The van der Waals surface area contributed by atoms with Crippen molar-refractivity contribution in [1.82, 2.24) is 4.72 Å². The summed E-state index contributed by atoms with van der Waals surface area (Å²) in [7, 11) is -1.85. The van der Waals surface area contributed by atoms with Crippen molar-refractivity contribution < 1.29 is 13.5 Å². The summed E-state index contributed by atoms with van der Waals surface area (Å²) in [6.07, 6.45) is -0.0417. The molecule has 2 aromatic carbocycles.